The van der Waals surface area contributed by atoms with E-state index in [9.17, 15) is 9.18 Å². The Balaban J connectivity index is 1.51. The van der Waals surface area contributed by atoms with Crippen LogP contribution in [0.15, 0.2) is 42.5 Å². The fourth-order valence-corrected chi connectivity index (χ4v) is 3.87. The minimum Gasteiger partial charge on any atom is -0.496 e. The molecule has 1 heterocycles. The van der Waals surface area contributed by atoms with Gasteiger partial charge in [0.2, 0.25) is 5.91 Å². The van der Waals surface area contributed by atoms with Gasteiger partial charge in [-0.1, -0.05) is 32.0 Å². The number of para-hydroxylation sites is 1. The highest BCUT2D eigenvalue weighted by Gasteiger charge is 2.21. The van der Waals surface area contributed by atoms with Crippen LogP contribution in [0.5, 0.6) is 5.75 Å². The van der Waals surface area contributed by atoms with Gasteiger partial charge in [0.05, 0.1) is 13.7 Å². The quantitative estimate of drug-likeness (QED) is 0.708. The number of benzene rings is 2. The average molecular weight is 414 g/mol. The van der Waals surface area contributed by atoms with Crippen LogP contribution >= 0.6 is 0 Å². The molecule has 1 saturated heterocycles. The van der Waals surface area contributed by atoms with E-state index in [1.165, 1.54) is 17.7 Å². The van der Waals surface area contributed by atoms with Gasteiger partial charge in [0, 0.05) is 44.0 Å². The molecule has 0 aliphatic carbocycles. The van der Waals surface area contributed by atoms with E-state index in [-0.39, 0.29) is 11.7 Å². The van der Waals surface area contributed by atoms with Gasteiger partial charge in [0.1, 0.15) is 11.6 Å². The number of nitrogens with one attached hydrogen (secondary N) is 1. The van der Waals surface area contributed by atoms with Crippen LogP contribution in [0.25, 0.3) is 0 Å². The van der Waals surface area contributed by atoms with Crippen molar-refractivity contribution in [3.8, 4) is 5.75 Å². The zero-order valence-corrected chi connectivity index (χ0v) is 18.2. The molecular weight excluding hydrogens is 381 g/mol. The fourth-order valence-electron chi connectivity index (χ4n) is 3.87. The molecule has 6 heteroatoms. The van der Waals surface area contributed by atoms with Gasteiger partial charge in [-0.2, -0.15) is 0 Å². The smallest absolute Gasteiger partial charge is 0.238 e. The van der Waals surface area contributed by atoms with Crippen molar-refractivity contribution in [1.82, 2.24) is 9.80 Å². The summed E-state index contributed by atoms with van der Waals surface area (Å²) in [4.78, 5) is 17.0. The van der Waals surface area contributed by atoms with Gasteiger partial charge in [0.15, 0.2) is 0 Å². The number of carbonyl (C=O) groups excluding carboxylic acids is 1. The molecule has 0 radical (unpaired) electrons. The normalized spacial score (nSPS) is 16.3. The number of carbonyl (C=O) groups is 1. The molecule has 0 spiro atoms. The predicted molar refractivity (Wildman–Crippen MR) is 118 cm³/mol. The minimum atomic E-state index is -0.251. The second kappa shape index (κ2) is 10.5. The zero-order valence-electron chi connectivity index (χ0n) is 18.2. The third-order valence-corrected chi connectivity index (χ3v) is 5.85. The summed E-state index contributed by atoms with van der Waals surface area (Å²) in [5, 5.41) is 3.09. The van der Waals surface area contributed by atoms with E-state index in [1.807, 2.05) is 18.2 Å². The molecule has 30 heavy (non-hydrogen) atoms. The largest absolute Gasteiger partial charge is 0.496 e. The Morgan fingerprint density at radius 2 is 1.83 bits per heavy atom. The molecule has 1 aliphatic rings. The third kappa shape index (κ3) is 5.80. The van der Waals surface area contributed by atoms with E-state index in [0.717, 1.165) is 43.9 Å². The molecule has 1 aliphatic heterocycles. The summed E-state index contributed by atoms with van der Waals surface area (Å²) in [6.07, 6.45) is 1.03. The van der Waals surface area contributed by atoms with Crippen LogP contribution in [0, 0.1) is 5.82 Å². The van der Waals surface area contributed by atoms with Crippen LogP contribution in [-0.2, 0) is 11.3 Å². The Kier molecular flexibility index (Phi) is 7.82. The topological polar surface area (TPSA) is 44.8 Å². The van der Waals surface area contributed by atoms with Gasteiger partial charge in [-0.05, 0) is 42.2 Å². The molecule has 0 aromatic heterocycles. The van der Waals surface area contributed by atoms with Crippen LogP contribution in [0.2, 0.25) is 0 Å². The van der Waals surface area contributed by atoms with E-state index in [0.29, 0.717) is 24.8 Å². The number of halogens is 1. The Morgan fingerprint density at radius 3 is 2.53 bits per heavy atom. The fraction of sp³-hybridized carbons (Fsp3) is 0.458. The average Bonchev–Trinajstić information content (AvgIpc) is 2.75. The summed E-state index contributed by atoms with van der Waals surface area (Å²) >= 11 is 0. The minimum absolute atomic E-state index is 0.0194. The molecule has 0 unspecified atom stereocenters. The first-order valence-electron chi connectivity index (χ1n) is 10.7. The van der Waals surface area contributed by atoms with Crippen LogP contribution < -0.4 is 10.1 Å². The molecule has 1 atom stereocenters. The molecule has 3 rings (SSSR count). The Labute approximate surface area is 178 Å². The number of rotatable bonds is 8. The van der Waals surface area contributed by atoms with Crippen LogP contribution in [0.4, 0.5) is 10.1 Å². The molecule has 1 amide bonds. The summed E-state index contributed by atoms with van der Waals surface area (Å²) in [6.45, 7) is 8.62. The summed E-state index contributed by atoms with van der Waals surface area (Å²) < 4.78 is 18.9. The second-order valence-corrected chi connectivity index (χ2v) is 7.95. The molecule has 2 aromatic rings. The molecule has 1 fully saturated rings. The summed E-state index contributed by atoms with van der Waals surface area (Å²) in [7, 11) is 1.60. The van der Waals surface area contributed by atoms with Crippen molar-refractivity contribution in [1.29, 1.82) is 0 Å². The van der Waals surface area contributed by atoms with Crippen molar-refractivity contribution in [3.05, 3.63) is 59.4 Å². The lowest BCUT2D eigenvalue weighted by atomic mass is 9.97. The van der Waals surface area contributed by atoms with Gasteiger partial charge >= 0.3 is 0 Å². The van der Waals surface area contributed by atoms with Crippen LogP contribution in [-0.4, -0.2) is 55.5 Å². The molecule has 5 nitrogen and oxygen atoms in total. The lowest BCUT2D eigenvalue weighted by Crippen LogP contribution is -2.48. The number of hydrogen-bond acceptors (Lipinski definition) is 4. The van der Waals surface area contributed by atoms with Crippen LogP contribution in [0.3, 0.4) is 0 Å². The maximum absolute atomic E-state index is 13.6. The summed E-state index contributed by atoms with van der Waals surface area (Å²) in [5.41, 5.74) is 2.95. The highest BCUT2D eigenvalue weighted by Crippen LogP contribution is 2.26. The SMILES string of the molecule is CC[C@H](C)c1ccccc1NC(=O)CN1CCN(Cc2cc(F)ccc2OC)CC1. The lowest BCUT2D eigenvalue weighted by molar-refractivity contribution is -0.117. The molecule has 0 bridgehead atoms. The van der Waals surface area contributed by atoms with E-state index in [2.05, 4.69) is 35.0 Å². The van der Waals surface area contributed by atoms with Crippen molar-refractivity contribution in [2.24, 2.45) is 0 Å². The van der Waals surface area contributed by atoms with E-state index >= 15 is 0 Å². The summed E-state index contributed by atoms with van der Waals surface area (Å²) in [5.74, 6) is 0.882. The Hall–Kier alpha value is -2.44. The van der Waals surface area contributed by atoms with Gasteiger partial charge in [-0.25, -0.2) is 4.39 Å². The monoisotopic (exact) mass is 413 g/mol. The van der Waals surface area contributed by atoms with E-state index in [1.54, 1.807) is 13.2 Å². The Bertz CT molecular complexity index is 850. The number of amides is 1. The molecule has 2 aromatic carbocycles. The molecular formula is C24H32FN3O2. The maximum Gasteiger partial charge on any atom is 0.238 e. The highest BCUT2D eigenvalue weighted by molar-refractivity contribution is 5.93. The van der Waals surface area contributed by atoms with E-state index < -0.39 is 0 Å². The van der Waals surface area contributed by atoms with Crippen molar-refractivity contribution >= 4 is 11.6 Å². The summed E-state index contributed by atoms with van der Waals surface area (Å²) in [6, 6.07) is 12.7. The van der Waals surface area contributed by atoms with Gasteiger partial charge in [-0.15, -0.1) is 0 Å². The molecule has 0 saturated carbocycles. The van der Waals surface area contributed by atoms with Gasteiger partial charge in [-0.3, -0.25) is 14.6 Å². The van der Waals surface area contributed by atoms with Crippen LogP contribution in [0.1, 0.15) is 37.3 Å². The Morgan fingerprint density at radius 1 is 1.13 bits per heavy atom. The molecule has 162 valence electrons. The first-order valence-corrected chi connectivity index (χ1v) is 10.7. The first kappa shape index (κ1) is 22.2. The number of anilines is 1. The van der Waals surface area contributed by atoms with E-state index in [4.69, 9.17) is 4.74 Å². The number of nitrogens with zero attached hydrogens (tertiary/aromatic N) is 2. The highest BCUT2D eigenvalue weighted by atomic mass is 19.1. The number of methoxy groups -OCH3 is 1. The van der Waals surface area contributed by atoms with Crippen molar-refractivity contribution in [2.45, 2.75) is 32.7 Å². The maximum atomic E-state index is 13.6. The van der Waals surface area contributed by atoms with Crippen molar-refractivity contribution in [2.75, 3.05) is 45.2 Å². The first-order chi connectivity index (χ1) is 14.5. The lowest BCUT2D eigenvalue weighted by Gasteiger charge is -2.34. The van der Waals surface area contributed by atoms with Gasteiger partial charge < -0.3 is 10.1 Å². The van der Waals surface area contributed by atoms with Gasteiger partial charge in [0.25, 0.3) is 0 Å². The second-order valence-electron chi connectivity index (χ2n) is 7.95. The molecule has 1 N–H and O–H groups in total. The zero-order chi connectivity index (χ0) is 21.5. The third-order valence-electron chi connectivity index (χ3n) is 5.85. The number of ether oxygens (including phenoxy) is 1. The number of piperazine rings is 1. The standard InChI is InChI=1S/C24H32FN3O2/c1-4-18(2)21-7-5-6-8-22(21)26-24(29)17-28-13-11-27(12-14-28)16-19-15-20(25)9-10-23(19)30-3/h5-10,15,18H,4,11-14,16-17H2,1-3H3,(H,26,29)/t18-/m0/s1. The predicted octanol–water partition coefficient (Wildman–Crippen LogP) is 4.10. The number of hydrogen-bond donors (Lipinski definition) is 1. The van der Waals surface area contributed by atoms with Crippen molar-refractivity contribution in [3.63, 3.8) is 0 Å². The van der Waals surface area contributed by atoms with Crippen molar-refractivity contribution < 1.29 is 13.9 Å².